The Bertz CT molecular complexity index is 542. The van der Waals surface area contributed by atoms with Crippen LogP contribution in [0.4, 0.5) is 5.69 Å². The molecule has 0 amide bonds. The van der Waals surface area contributed by atoms with Crippen molar-refractivity contribution in [2.24, 2.45) is 0 Å². The minimum Gasteiger partial charge on any atom is -0.508 e. The van der Waals surface area contributed by atoms with Gasteiger partial charge in [-0.15, -0.1) is 0 Å². The zero-order chi connectivity index (χ0) is 13.1. The molecule has 4 heteroatoms. The van der Waals surface area contributed by atoms with Gasteiger partial charge in [-0.3, -0.25) is 0 Å². The van der Waals surface area contributed by atoms with E-state index >= 15 is 0 Å². The number of halogens is 2. The molecule has 0 unspecified atom stereocenters. The van der Waals surface area contributed by atoms with Crippen LogP contribution in [0.1, 0.15) is 18.5 Å². The number of phenols is 1. The fourth-order valence-electron chi connectivity index (χ4n) is 1.76. The average molecular weight is 374 g/mol. The topological polar surface area (TPSA) is 32.3 Å². The van der Waals surface area contributed by atoms with Gasteiger partial charge >= 0.3 is 0 Å². The van der Waals surface area contributed by atoms with Crippen LogP contribution in [0.5, 0.6) is 5.75 Å². The van der Waals surface area contributed by atoms with E-state index in [0.717, 1.165) is 11.3 Å². The molecule has 94 valence electrons. The zero-order valence-corrected chi connectivity index (χ0v) is 12.7. The van der Waals surface area contributed by atoms with E-state index in [1.807, 2.05) is 37.3 Å². The van der Waals surface area contributed by atoms with Crippen LogP contribution < -0.4 is 5.32 Å². The van der Waals surface area contributed by atoms with E-state index in [2.05, 4.69) is 27.9 Å². The molecular weight excluding hydrogens is 361 g/mol. The molecule has 0 radical (unpaired) electrons. The summed E-state index contributed by atoms with van der Waals surface area (Å²) in [4.78, 5) is 0. The summed E-state index contributed by atoms with van der Waals surface area (Å²) in [6, 6.07) is 13.3. The Labute approximate surface area is 125 Å². The summed E-state index contributed by atoms with van der Waals surface area (Å²) < 4.78 is 1.19. The minimum atomic E-state index is 0.0160. The van der Waals surface area contributed by atoms with Crippen molar-refractivity contribution in [2.45, 2.75) is 13.0 Å². The van der Waals surface area contributed by atoms with Crippen molar-refractivity contribution in [2.75, 3.05) is 5.32 Å². The molecular formula is C14H13ClINO. The maximum atomic E-state index is 9.86. The molecule has 2 N–H and O–H groups in total. The standard InChI is InChI=1S/C14H13ClINO/c1-9(13-7-2-10(15)8-14(13)18)17-12-5-3-11(16)4-6-12/h2-9,17-18H,1H3/t9-/m1/s1. The van der Waals surface area contributed by atoms with Gasteiger partial charge in [0.15, 0.2) is 0 Å². The van der Waals surface area contributed by atoms with E-state index in [1.165, 1.54) is 3.57 Å². The van der Waals surface area contributed by atoms with Gasteiger partial charge in [0.2, 0.25) is 0 Å². The first kappa shape index (κ1) is 13.5. The van der Waals surface area contributed by atoms with Crippen molar-refractivity contribution >= 4 is 39.9 Å². The highest BCUT2D eigenvalue weighted by molar-refractivity contribution is 14.1. The van der Waals surface area contributed by atoms with Crippen LogP contribution in [0, 0.1) is 3.57 Å². The molecule has 0 heterocycles. The normalized spacial score (nSPS) is 12.2. The molecule has 0 spiro atoms. The molecule has 0 saturated heterocycles. The fourth-order valence-corrected chi connectivity index (χ4v) is 2.28. The number of phenolic OH excluding ortho intramolecular Hbond substituents is 1. The van der Waals surface area contributed by atoms with Crippen molar-refractivity contribution in [3.05, 3.63) is 56.6 Å². The smallest absolute Gasteiger partial charge is 0.122 e. The highest BCUT2D eigenvalue weighted by Crippen LogP contribution is 2.29. The molecule has 0 aliphatic carbocycles. The molecule has 0 aliphatic heterocycles. The Kier molecular flexibility index (Phi) is 4.35. The van der Waals surface area contributed by atoms with Gasteiger partial charge in [-0.05, 0) is 65.9 Å². The highest BCUT2D eigenvalue weighted by Gasteiger charge is 2.10. The number of hydrogen-bond donors (Lipinski definition) is 2. The molecule has 0 saturated carbocycles. The molecule has 0 fully saturated rings. The predicted octanol–water partition coefficient (Wildman–Crippen LogP) is 4.82. The van der Waals surface area contributed by atoms with Crippen LogP contribution in [0.3, 0.4) is 0 Å². The number of benzene rings is 2. The van der Waals surface area contributed by atoms with E-state index in [1.54, 1.807) is 12.1 Å². The second-order valence-corrected chi connectivity index (χ2v) is 5.76. The lowest BCUT2D eigenvalue weighted by atomic mass is 10.1. The SMILES string of the molecule is C[C@@H](Nc1ccc(I)cc1)c1ccc(Cl)cc1O. The fraction of sp³-hybridized carbons (Fsp3) is 0.143. The Balaban J connectivity index is 2.16. The molecule has 2 aromatic carbocycles. The monoisotopic (exact) mass is 373 g/mol. The summed E-state index contributed by atoms with van der Waals surface area (Å²) in [7, 11) is 0. The maximum absolute atomic E-state index is 9.86. The first-order valence-corrected chi connectivity index (χ1v) is 7.02. The van der Waals surface area contributed by atoms with Gasteiger partial charge in [0.25, 0.3) is 0 Å². The third kappa shape index (κ3) is 3.29. The molecule has 1 atom stereocenters. The van der Waals surface area contributed by atoms with E-state index in [-0.39, 0.29) is 11.8 Å². The van der Waals surface area contributed by atoms with Gasteiger partial charge in [-0.25, -0.2) is 0 Å². The molecule has 0 aliphatic rings. The Morgan fingerprint density at radius 2 is 1.83 bits per heavy atom. The van der Waals surface area contributed by atoms with Crippen LogP contribution in [0.25, 0.3) is 0 Å². The minimum absolute atomic E-state index is 0.0160. The quantitative estimate of drug-likeness (QED) is 0.756. The maximum Gasteiger partial charge on any atom is 0.122 e. The van der Waals surface area contributed by atoms with Gasteiger partial charge < -0.3 is 10.4 Å². The molecule has 2 nitrogen and oxygen atoms in total. The number of aromatic hydroxyl groups is 1. The lowest BCUT2D eigenvalue weighted by Gasteiger charge is -2.17. The molecule has 2 aromatic rings. The second kappa shape index (κ2) is 5.80. The van der Waals surface area contributed by atoms with E-state index in [0.29, 0.717) is 5.02 Å². The Hall–Kier alpha value is -0.940. The van der Waals surface area contributed by atoms with Crippen LogP contribution in [0.2, 0.25) is 5.02 Å². The summed E-state index contributed by atoms with van der Waals surface area (Å²) in [5, 5.41) is 13.7. The predicted molar refractivity (Wildman–Crippen MR) is 84.3 cm³/mol. The van der Waals surface area contributed by atoms with Gasteiger partial charge in [0, 0.05) is 19.8 Å². The van der Waals surface area contributed by atoms with E-state index < -0.39 is 0 Å². The first-order valence-electron chi connectivity index (χ1n) is 5.57. The largest absolute Gasteiger partial charge is 0.508 e. The summed E-state index contributed by atoms with van der Waals surface area (Å²) in [6.45, 7) is 2.00. The van der Waals surface area contributed by atoms with Gasteiger partial charge in [-0.1, -0.05) is 17.7 Å². The molecule has 18 heavy (non-hydrogen) atoms. The van der Waals surface area contributed by atoms with Crippen LogP contribution in [-0.2, 0) is 0 Å². The van der Waals surface area contributed by atoms with E-state index in [4.69, 9.17) is 11.6 Å². The number of nitrogens with one attached hydrogen (secondary N) is 1. The van der Waals surface area contributed by atoms with Crippen molar-refractivity contribution < 1.29 is 5.11 Å². The van der Waals surface area contributed by atoms with Crippen molar-refractivity contribution in [3.63, 3.8) is 0 Å². The van der Waals surface area contributed by atoms with Gasteiger partial charge in [-0.2, -0.15) is 0 Å². The number of hydrogen-bond acceptors (Lipinski definition) is 2. The molecule has 0 bridgehead atoms. The first-order chi connectivity index (χ1) is 8.56. The lowest BCUT2D eigenvalue weighted by molar-refractivity contribution is 0.465. The van der Waals surface area contributed by atoms with Gasteiger partial charge in [0.1, 0.15) is 5.75 Å². The van der Waals surface area contributed by atoms with Crippen LogP contribution in [-0.4, -0.2) is 5.11 Å². The summed E-state index contributed by atoms with van der Waals surface area (Å²) in [6.07, 6.45) is 0. The number of anilines is 1. The highest BCUT2D eigenvalue weighted by atomic mass is 127. The van der Waals surface area contributed by atoms with E-state index in [9.17, 15) is 5.11 Å². The molecule has 0 aromatic heterocycles. The van der Waals surface area contributed by atoms with Crippen molar-refractivity contribution in [1.29, 1.82) is 0 Å². The van der Waals surface area contributed by atoms with Crippen molar-refractivity contribution in [1.82, 2.24) is 0 Å². The third-order valence-corrected chi connectivity index (χ3v) is 3.64. The third-order valence-electron chi connectivity index (χ3n) is 2.69. The Morgan fingerprint density at radius 1 is 1.17 bits per heavy atom. The Morgan fingerprint density at radius 3 is 2.44 bits per heavy atom. The summed E-state index contributed by atoms with van der Waals surface area (Å²) >= 11 is 8.09. The average Bonchev–Trinajstić information content (AvgIpc) is 2.32. The zero-order valence-electron chi connectivity index (χ0n) is 9.82. The molecule has 2 rings (SSSR count). The van der Waals surface area contributed by atoms with Gasteiger partial charge in [0.05, 0.1) is 6.04 Å². The van der Waals surface area contributed by atoms with Crippen molar-refractivity contribution in [3.8, 4) is 5.75 Å². The summed E-state index contributed by atoms with van der Waals surface area (Å²) in [5.41, 5.74) is 1.86. The lowest BCUT2D eigenvalue weighted by Crippen LogP contribution is -2.06. The second-order valence-electron chi connectivity index (χ2n) is 4.08. The van der Waals surface area contributed by atoms with Crippen LogP contribution >= 0.6 is 34.2 Å². The number of rotatable bonds is 3. The summed E-state index contributed by atoms with van der Waals surface area (Å²) in [5.74, 6) is 0.216. The van der Waals surface area contributed by atoms with Crippen LogP contribution in [0.15, 0.2) is 42.5 Å².